The Morgan fingerprint density at radius 2 is 1.37 bits per heavy atom. The Balaban J connectivity index is 0.000000804. The lowest BCUT2D eigenvalue weighted by Gasteiger charge is -2.11. The minimum atomic E-state index is -5.08. The van der Waals surface area contributed by atoms with Crippen LogP contribution in [0.3, 0.4) is 0 Å². The second-order valence-electron chi connectivity index (χ2n) is 6.77. The molecule has 1 aromatic carbocycles. The van der Waals surface area contributed by atoms with E-state index in [4.69, 9.17) is 45.2 Å². The van der Waals surface area contributed by atoms with Crippen LogP contribution in [0.1, 0.15) is 21.9 Å². The number of halogens is 6. The number of carboxylic acids is 3. The number of nitrogens with one attached hydrogen (secondary N) is 1. The van der Waals surface area contributed by atoms with Crippen molar-refractivity contribution >= 4 is 29.7 Å². The first-order valence-corrected chi connectivity index (χ1v) is 9.50. The van der Waals surface area contributed by atoms with Gasteiger partial charge in [-0.1, -0.05) is 0 Å². The van der Waals surface area contributed by atoms with Crippen LogP contribution in [0.15, 0.2) is 40.8 Å². The minimum Gasteiger partial charge on any atom is -0.480 e. The van der Waals surface area contributed by atoms with E-state index in [1.54, 1.807) is 25.2 Å². The Morgan fingerprint density at radius 1 is 0.921 bits per heavy atom. The van der Waals surface area contributed by atoms with Crippen LogP contribution in [0, 0.1) is 5.41 Å². The number of nitrogen functional groups attached to an aromatic ring is 1. The number of rotatable bonds is 7. The van der Waals surface area contributed by atoms with Gasteiger partial charge in [0.05, 0.1) is 13.1 Å². The first kappa shape index (κ1) is 33.4. The highest BCUT2D eigenvalue weighted by atomic mass is 19.4. The first-order valence-electron chi connectivity index (χ1n) is 9.50. The maximum Gasteiger partial charge on any atom is 0.490 e. The largest absolute Gasteiger partial charge is 0.490 e. The van der Waals surface area contributed by atoms with E-state index in [1.165, 1.54) is 23.1 Å². The summed E-state index contributed by atoms with van der Waals surface area (Å²) in [7, 11) is 1.63. The molecule has 38 heavy (non-hydrogen) atoms. The Morgan fingerprint density at radius 3 is 1.74 bits per heavy atom. The molecule has 0 aliphatic heterocycles. The third-order valence-corrected chi connectivity index (χ3v) is 3.55. The van der Waals surface area contributed by atoms with E-state index in [9.17, 15) is 35.9 Å². The number of likely N-dealkylation sites (N-methyl/N-ethyl adjacent to an activating group) is 1. The van der Waals surface area contributed by atoms with Gasteiger partial charge in [0.1, 0.15) is 17.3 Å². The number of furan rings is 1. The van der Waals surface area contributed by atoms with Crippen LogP contribution in [0.25, 0.3) is 0 Å². The van der Waals surface area contributed by atoms with E-state index in [0.717, 1.165) is 0 Å². The number of carbonyl (C=O) groups excluding carboxylic acids is 1. The number of amidine groups is 1. The maximum atomic E-state index is 12.0. The van der Waals surface area contributed by atoms with Crippen molar-refractivity contribution < 1.29 is 70.0 Å². The average molecular weight is 559 g/mol. The highest BCUT2D eigenvalue weighted by molar-refractivity contribution is 5.95. The van der Waals surface area contributed by atoms with Crippen molar-refractivity contribution in [2.45, 2.75) is 18.9 Å². The van der Waals surface area contributed by atoms with E-state index in [-0.39, 0.29) is 24.7 Å². The summed E-state index contributed by atoms with van der Waals surface area (Å²) < 4.78 is 74.0. The van der Waals surface area contributed by atoms with Crippen LogP contribution in [0.2, 0.25) is 0 Å². The molecule has 12 nitrogen and oxygen atoms in total. The zero-order valence-corrected chi connectivity index (χ0v) is 19.0. The Labute approximate surface area is 208 Å². The Kier molecular flexibility index (Phi) is 12.5. The number of ether oxygens (including phenoxy) is 1. The smallest absolute Gasteiger partial charge is 0.480 e. The molecule has 0 unspecified atom stereocenters. The summed E-state index contributed by atoms with van der Waals surface area (Å²) in [6, 6.07) is 9.25. The van der Waals surface area contributed by atoms with Crippen LogP contribution in [0.5, 0.6) is 5.75 Å². The molecular formula is C20H19F6N3O9. The van der Waals surface area contributed by atoms with Gasteiger partial charge in [-0.25, -0.2) is 14.4 Å². The number of carboxylic acid groups (broad SMARTS) is 3. The van der Waals surface area contributed by atoms with Gasteiger partial charge in [0, 0.05) is 5.56 Å². The predicted octanol–water partition coefficient (Wildman–Crippen LogP) is 2.57. The van der Waals surface area contributed by atoms with Gasteiger partial charge in [-0.2, -0.15) is 26.3 Å². The number of carbonyl (C=O) groups is 4. The molecular weight excluding hydrogens is 540 g/mol. The third kappa shape index (κ3) is 13.5. The number of benzene rings is 1. The fourth-order valence-corrected chi connectivity index (χ4v) is 1.99. The van der Waals surface area contributed by atoms with Crippen molar-refractivity contribution in [1.29, 1.82) is 5.41 Å². The number of alkyl halides is 6. The molecule has 0 atom stereocenters. The number of hydrogen-bond acceptors (Lipinski definition) is 8. The summed E-state index contributed by atoms with van der Waals surface area (Å²) in [4.78, 5) is 42.0. The molecule has 0 amide bonds. The molecule has 0 spiro atoms. The zero-order chi connectivity index (χ0) is 29.8. The number of nitrogens with zero attached hydrogens (tertiary/aromatic N) is 1. The van der Waals surface area contributed by atoms with Crippen LogP contribution in [-0.4, -0.2) is 75.9 Å². The van der Waals surface area contributed by atoms with Gasteiger partial charge >= 0.3 is 36.2 Å². The average Bonchev–Trinajstić information content (AvgIpc) is 3.21. The first-order chi connectivity index (χ1) is 17.2. The zero-order valence-electron chi connectivity index (χ0n) is 19.0. The van der Waals surface area contributed by atoms with Crippen molar-refractivity contribution in [3.63, 3.8) is 0 Å². The molecule has 0 saturated carbocycles. The summed E-state index contributed by atoms with van der Waals surface area (Å²) in [6.45, 7) is 0.121. The van der Waals surface area contributed by atoms with E-state index in [0.29, 0.717) is 17.1 Å². The molecule has 0 bridgehead atoms. The number of hydrogen-bond donors (Lipinski definition) is 5. The quantitative estimate of drug-likeness (QED) is 0.110. The molecule has 18 heteroatoms. The highest BCUT2D eigenvalue weighted by Crippen LogP contribution is 2.17. The summed E-state index contributed by atoms with van der Waals surface area (Å²) in [5.74, 6) is -6.43. The van der Waals surface area contributed by atoms with Crippen molar-refractivity contribution in [2.75, 3.05) is 13.6 Å². The molecule has 2 rings (SSSR count). The molecule has 210 valence electrons. The van der Waals surface area contributed by atoms with Crippen LogP contribution < -0.4 is 10.5 Å². The lowest BCUT2D eigenvalue weighted by Crippen LogP contribution is -2.24. The summed E-state index contributed by atoms with van der Waals surface area (Å²) >= 11 is 0. The molecule has 0 radical (unpaired) electrons. The number of nitrogens with two attached hydrogens (primary N) is 1. The molecule has 0 aliphatic rings. The van der Waals surface area contributed by atoms with E-state index in [2.05, 4.69) is 0 Å². The van der Waals surface area contributed by atoms with Gasteiger partial charge in [-0.05, 0) is 43.4 Å². The molecule has 2 aromatic rings. The van der Waals surface area contributed by atoms with Crippen molar-refractivity contribution in [3.8, 4) is 5.75 Å². The van der Waals surface area contributed by atoms with Gasteiger partial charge in [-0.3, -0.25) is 15.1 Å². The molecule has 0 saturated heterocycles. The van der Waals surface area contributed by atoms with Crippen LogP contribution in [0.4, 0.5) is 26.3 Å². The molecule has 1 heterocycles. The fraction of sp³-hybridized carbons (Fsp3) is 0.250. The van der Waals surface area contributed by atoms with E-state index >= 15 is 0 Å². The van der Waals surface area contributed by atoms with Crippen molar-refractivity contribution in [1.82, 2.24) is 4.90 Å². The number of esters is 1. The summed E-state index contributed by atoms with van der Waals surface area (Å²) in [5, 5.41) is 30.3. The van der Waals surface area contributed by atoms with Gasteiger partial charge in [0.25, 0.3) is 0 Å². The highest BCUT2D eigenvalue weighted by Gasteiger charge is 2.38. The van der Waals surface area contributed by atoms with Crippen LogP contribution >= 0.6 is 0 Å². The van der Waals surface area contributed by atoms with Crippen molar-refractivity contribution in [2.24, 2.45) is 5.73 Å². The maximum absolute atomic E-state index is 12.0. The second kappa shape index (κ2) is 14.2. The molecule has 0 aliphatic carbocycles. The topological polar surface area (TPSA) is 204 Å². The standard InChI is InChI=1S/C16H17N3O5.2C2HF3O2/c1-19(9-14(20)21)8-12-6-7-13(23-12)16(22)24-11-4-2-10(3-5-11)15(17)18;2*3-2(4,5)1(6)7/h2-7H,8-9H2,1H3,(H3,17,18)(H,20,21);2*(H,6,7). The van der Waals surface area contributed by atoms with E-state index in [1.807, 2.05) is 0 Å². The van der Waals surface area contributed by atoms with Gasteiger partial charge < -0.3 is 30.2 Å². The summed E-state index contributed by atoms with van der Waals surface area (Å²) in [6.07, 6.45) is -10.2. The lowest BCUT2D eigenvalue weighted by molar-refractivity contribution is -0.193. The van der Waals surface area contributed by atoms with Gasteiger partial charge in [-0.15, -0.1) is 0 Å². The van der Waals surface area contributed by atoms with E-state index < -0.39 is 36.2 Å². The number of aliphatic carboxylic acids is 3. The normalized spacial score (nSPS) is 10.8. The second-order valence-corrected chi connectivity index (χ2v) is 6.77. The van der Waals surface area contributed by atoms with Crippen LogP contribution in [-0.2, 0) is 20.9 Å². The fourth-order valence-electron chi connectivity index (χ4n) is 1.99. The third-order valence-electron chi connectivity index (χ3n) is 3.55. The van der Waals surface area contributed by atoms with Crippen molar-refractivity contribution in [3.05, 3.63) is 53.5 Å². The predicted molar refractivity (Wildman–Crippen MR) is 112 cm³/mol. The molecule has 1 aromatic heterocycles. The summed E-state index contributed by atoms with van der Waals surface area (Å²) in [5.41, 5.74) is 5.87. The van der Waals surface area contributed by atoms with Gasteiger partial charge in [0.15, 0.2) is 0 Å². The Bertz CT molecular complexity index is 1100. The minimum absolute atomic E-state index is 0.0179. The lowest BCUT2D eigenvalue weighted by atomic mass is 10.2. The SMILES string of the molecule is CN(CC(=O)O)Cc1ccc(C(=O)Oc2ccc(C(=N)N)cc2)o1.O=C(O)C(F)(F)F.O=C(O)C(F)(F)F. The van der Waals surface area contributed by atoms with Gasteiger partial charge in [0.2, 0.25) is 5.76 Å². The molecule has 6 N–H and O–H groups in total. The molecule has 0 fully saturated rings. The Hall–Kier alpha value is -4.61. The monoisotopic (exact) mass is 559 g/mol.